The molecule has 4 nitrogen and oxygen atoms in total. The van der Waals surface area contributed by atoms with Crippen molar-refractivity contribution < 1.29 is 14.3 Å². The van der Waals surface area contributed by atoms with E-state index in [0.717, 1.165) is 0 Å². The fourth-order valence-electron chi connectivity index (χ4n) is 1.33. The molecule has 0 bridgehead atoms. The first kappa shape index (κ1) is 13.5. The summed E-state index contributed by atoms with van der Waals surface area (Å²) in [6.07, 6.45) is 0.126. The highest BCUT2D eigenvalue weighted by atomic mass is 35.5. The monoisotopic (exact) mass is 255 g/mol. The van der Waals surface area contributed by atoms with E-state index in [-0.39, 0.29) is 18.3 Å². The first-order chi connectivity index (χ1) is 7.95. The van der Waals surface area contributed by atoms with Gasteiger partial charge in [0.15, 0.2) is 0 Å². The van der Waals surface area contributed by atoms with Crippen LogP contribution in [0.1, 0.15) is 15.9 Å². The molecule has 0 saturated carbocycles. The standard InChI is InChI=1S/C12H14ClNO3/c1-14(2)12(16)9-6-8(4-5-10(9)13)7-11(15)17-3/h4-6H,7H2,1-3H3. The van der Waals surface area contributed by atoms with Gasteiger partial charge in [-0.15, -0.1) is 0 Å². The van der Waals surface area contributed by atoms with Gasteiger partial charge in [-0.1, -0.05) is 17.7 Å². The van der Waals surface area contributed by atoms with E-state index in [1.807, 2.05) is 0 Å². The predicted molar refractivity (Wildman–Crippen MR) is 65.2 cm³/mol. The van der Waals surface area contributed by atoms with E-state index in [1.165, 1.54) is 12.0 Å². The van der Waals surface area contributed by atoms with Crippen molar-refractivity contribution in [1.82, 2.24) is 4.90 Å². The van der Waals surface area contributed by atoms with Crippen molar-refractivity contribution in [2.45, 2.75) is 6.42 Å². The van der Waals surface area contributed by atoms with Gasteiger partial charge in [0.1, 0.15) is 0 Å². The lowest BCUT2D eigenvalue weighted by Crippen LogP contribution is -2.22. The first-order valence-corrected chi connectivity index (χ1v) is 5.40. The van der Waals surface area contributed by atoms with E-state index >= 15 is 0 Å². The molecule has 0 radical (unpaired) electrons. The zero-order chi connectivity index (χ0) is 13.0. The molecule has 0 aliphatic heterocycles. The maximum Gasteiger partial charge on any atom is 0.309 e. The number of carbonyl (C=O) groups excluding carboxylic acids is 2. The van der Waals surface area contributed by atoms with Crippen molar-refractivity contribution in [2.75, 3.05) is 21.2 Å². The molecule has 1 amide bonds. The molecule has 0 aliphatic rings. The average Bonchev–Trinajstić information content (AvgIpc) is 2.30. The molecule has 17 heavy (non-hydrogen) atoms. The number of ether oxygens (including phenoxy) is 1. The van der Waals surface area contributed by atoms with E-state index in [2.05, 4.69) is 4.74 Å². The molecule has 0 atom stereocenters. The fourth-order valence-corrected chi connectivity index (χ4v) is 1.52. The van der Waals surface area contributed by atoms with Gasteiger partial charge in [-0.25, -0.2) is 0 Å². The summed E-state index contributed by atoms with van der Waals surface area (Å²) < 4.78 is 4.56. The minimum Gasteiger partial charge on any atom is -0.469 e. The highest BCUT2D eigenvalue weighted by Crippen LogP contribution is 2.19. The van der Waals surface area contributed by atoms with E-state index in [1.54, 1.807) is 32.3 Å². The zero-order valence-corrected chi connectivity index (χ0v) is 10.7. The van der Waals surface area contributed by atoms with Crippen LogP contribution in [0.5, 0.6) is 0 Å². The van der Waals surface area contributed by atoms with Gasteiger partial charge in [0.2, 0.25) is 0 Å². The lowest BCUT2D eigenvalue weighted by molar-refractivity contribution is -0.139. The summed E-state index contributed by atoms with van der Waals surface area (Å²) >= 11 is 5.94. The van der Waals surface area contributed by atoms with Crippen LogP contribution in [-0.4, -0.2) is 38.0 Å². The normalized spacial score (nSPS) is 9.88. The number of halogens is 1. The predicted octanol–water partition coefficient (Wildman–Crippen LogP) is 1.76. The summed E-state index contributed by atoms with van der Waals surface area (Å²) in [5, 5.41) is 0.373. The van der Waals surface area contributed by atoms with Crippen LogP contribution in [0.4, 0.5) is 0 Å². The number of benzene rings is 1. The summed E-state index contributed by atoms with van der Waals surface area (Å²) in [5.74, 6) is -0.544. The number of amides is 1. The zero-order valence-electron chi connectivity index (χ0n) is 9.99. The molecule has 0 aromatic heterocycles. The first-order valence-electron chi connectivity index (χ1n) is 5.02. The van der Waals surface area contributed by atoms with Crippen LogP contribution in [0.25, 0.3) is 0 Å². The molecule has 5 heteroatoms. The molecule has 0 heterocycles. The Morgan fingerprint density at radius 3 is 2.53 bits per heavy atom. The van der Waals surface area contributed by atoms with Crippen molar-refractivity contribution in [3.63, 3.8) is 0 Å². The van der Waals surface area contributed by atoms with Crippen LogP contribution in [-0.2, 0) is 16.0 Å². The second kappa shape index (κ2) is 5.68. The Kier molecular flexibility index (Phi) is 4.52. The third kappa shape index (κ3) is 3.46. The second-order valence-corrected chi connectivity index (χ2v) is 4.17. The number of hydrogen-bond acceptors (Lipinski definition) is 3. The van der Waals surface area contributed by atoms with E-state index in [4.69, 9.17) is 11.6 Å². The van der Waals surface area contributed by atoms with Gasteiger partial charge in [0.25, 0.3) is 5.91 Å². The molecule has 1 aromatic carbocycles. The van der Waals surface area contributed by atoms with Crippen LogP contribution < -0.4 is 0 Å². The highest BCUT2D eigenvalue weighted by molar-refractivity contribution is 6.33. The number of esters is 1. The number of carbonyl (C=O) groups is 2. The Morgan fingerprint density at radius 2 is 2.00 bits per heavy atom. The van der Waals surface area contributed by atoms with E-state index in [9.17, 15) is 9.59 Å². The van der Waals surface area contributed by atoms with Gasteiger partial charge in [-0.3, -0.25) is 9.59 Å². The van der Waals surface area contributed by atoms with Crippen molar-refractivity contribution >= 4 is 23.5 Å². The Labute approximate surface area is 105 Å². The molecule has 92 valence electrons. The largest absolute Gasteiger partial charge is 0.469 e. The second-order valence-electron chi connectivity index (χ2n) is 3.77. The Hall–Kier alpha value is -1.55. The van der Waals surface area contributed by atoms with E-state index < -0.39 is 0 Å². The molecule has 1 rings (SSSR count). The van der Waals surface area contributed by atoms with Gasteiger partial charge in [0.05, 0.1) is 24.1 Å². The SMILES string of the molecule is COC(=O)Cc1ccc(Cl)c(C(=O)N(C)C)c1. The average molecular weight is 256 g/mol. The smallest absolute Gasteiger partial charge is 0.309 e. The van der Waals surface area contributed by atoms with Crippen molar-refractivity contribution in [3.05, 3.63) is 34.3 Å². The van der Waals surface area contributed by atoms with Crippen molar-refractivity contribution in [2.24, 2.45) is 0 Å². The minimum absolute atomic E-state index is 0.126. The Morgan fingerprint density at radius 1 is 1.35 bits per heavy atom. The van der Waals surface area contributed by atoms with Gasteiger partial charge < -0.3 is 9.64 Å². The van der Waals surface area contributed by atoms with Crippen LogP contribution >= 0.6 is 11.6 Å². The molecular weight excluding hydrogens is 242 g/mol. The molecule has 0 N–H and O–H groups in total. The topological polar surface area (TPSA) is 46.6 Å². The Bertz CT molecular complexity index is 443. The maximum absolute atomic E-state index is 11.8. The molecule has 0 fully saturated rings. The molecular formula is C12H14ClNO3. The van der Waals surface area contributed by atoms with Crippen LogP contribution in [0.15, 0.2) is 18.2 Å². The van der Waals surface area contributed by atoms with Gasteiger partial charge in [-0.2, -0.15) is 0 Å². The van der Waals surface area contributed by atoms with Gasteiger partial charge in [-0.05, 0) is 17.7 Å². The number of methoxy groups -OCH3 is 1. The maximum atomic E-state index is 11.8. The fraction of sp³-hybridized carbons (Fsp3) is 0.333. The summed E-state index contributed by atoms with van der Waals surface area (Å²) in [6, 6.07) is 4.92. The summed E-state index contributed by atoms with van der Waals surface area (Å²) in [7, 11) is 4.61. The highest BCUT2D eigenvalue weighted by Gasteiger charge is 2.14. The summed E-state index contributed by atoms with van der Waals surface area (Å²) in [6.45, 7) is 0. The molecule has 0 spiro atoms. The minimum atomic E-state index is -0.351. The quantitative estimate of drug-likeness (QED) is 0.773. The lowest BCUT2D eigenvalue weighted by atomic mass is 10.1. The summed E-state index contributed by atoms with van der Waals surface area (Å²) in [4.78, 5) is 24.4. The van der Waals surface area contributed by atoms with Crippen molar-refractivity contribution in [3.8, 4) is 0 Å². The number of rotatable bonds is 3. The van der Waals surface area contributed by atoms with E-state index in [0.29, 0.717) is 16.1 Å². The Balaban J connectivity index is 3.02. The van der Waals surface area contributed by atoms with Gasteiger partial charge >= 0.3 is 5.97 Å². The van der Waals surface area contributed by atoms with Crippen molar-refractivity contribution in [1.29, 1.82) is 0 Å². The van der Waals surface area contributed by atoms with Crippen LogP contribution in [0.3, 0.4) is 0 Å². The molecule has 0 aliphatic carbocycles. The van der Waals surface area contributed by atoms with Crippen LogP contribution in [0.2, 0.25) is 5.02 Å². The number of hydrogen-bond donors (Lipinski definition) is 0. The summed E-state index contributed by atoms with van der Waals surface area (Å²) in [5.41, 5.74) is 1.09. The third-order valence-electron chi connectivity index (χ3n) is 2.24. The van der Waals surface area contributed by atoms with Crippen LogP contribution in [0, 0.1) is 0 Å². The lowest BCUT2D eigenvalue weighted by Gasteiger charge is -2.12. The van der Waals surface area contributed by atoms with Gasteiger partial charge in [0, 0.05) is 14.1 Å². The molecule has 0 saturated heterocycles. The number of nitrogens with zero attached hydrogens (tertiary/aromatic N) is 1. The molecule has 1 aromatic rings. The molecule has 0 unspecified atom stereocenters. The third-order valence-corrected chi connectivity index (χ3v) is 2.57.